The minimum atomic E-state index is 0.730. The lowest BCUT2D eigenvalue weighted by atomic mass is 10.6. The Balaban J connectivity index is 1.60. The van der Waals surface area contributed by atoms with Crippen LogP contribution in [0.15, 0.2) is 20.0 Å². The zero-order valence-electron chi connectivity index (χ0n) is 9.00. The third-order valence-corrected chi connectivity index (χ3v) is 3.81. The summed E-state index contributed by atoms with van der Waals surface area (Å²) in [5.41, 5.74) is 0. The Kier molecular flexibility index (Phi) is 5.08. The van der Waals surface area contributed by atoms with Gasteiger partial charge in [0.1, 0.15) is 10.1 Å². The average Bonchev–Trinajstić information content (AvgIpc) is 2.96. The minimum absolute atomic E-state index is 0.730. The molecule has 2 aliphatic rings. The van der Waals surface area contributed by atoms with Crippen molar-refractivity contribution in [1.29, 1.82) is 0 Å². The molecule has 0 fully saturated rings. The Bertz CT molecular complexity index is 313. The first kappa shape index (κ1) is 11.9. The molecule has 0 spiro atoms. The molecule has 2 rings (SSSR count). The lowest BCUT2D eigenvalue weighted by Gasteiger charge is -1.90. The number of hydrogen-bond donors (Lipinski definition) is 0. The van der Waals surface area contributed by atoms with Crippen LogP contribution >= 0.6 is 23.5 Å². The molecule has 0 aromatic rings. The van der Waals surface area contributed by atoms with Gasteiger partial charge < -0.3 is 0 Å². The smallest absolute Gasteiger partial charge is 0.108 e. The third kappa shape index (κ3) is 4.09. The van der Waals surface area contributed by atoms with E-state index in [9.17, 15) is 0 Å². The number of nitrogens with zero attached hydrogens (tertiary/aromatic N) is 4. The highest BCUT2D eigenvalue weighted by Gasteiger charge is 2.03. The van der Waals surface area contributed by atoms with E-state index >= 15 is 0 Å². The topological polar surface area (TPSA) is 49.4 Å². The summed E-state index contributed by atoms with van der Waals surface area (Å²) in [6, 6.07) is 0. The van der Waals surface area contributed by atoms with Crippen molar-refractivity contribution in [2.75, 3.05) is 37.7 Å². The number of rotatable bonds is 5. The van der Waals surface area contributed by atoms with Gasteiger partial charge in [-0.3, -0.25) is 20.0 Å². The maximum atomic E-state index is 4.29. The first-order valence-electron chi connectivity index (χ1n) is 5.29. The quantitative estimate of drug-likeness (QED) is 0.550. The molecular formula is C10H14N4S2. The molecule has 0 saturated heterocycles. The van der Waals surface area contributed by atoms with Crippen molar-refractivity contribution < 1.29 is 0 Å². The fourth-order valence-electron chi connectivity index (χ4n) is 1.26. The summed E-state index contributed by atoms with van der Waals surface area (Å²) >= 11 is 3.53. The molecule has 86 valence electrons. The molecule has 0 unspecified atom stereocenters. The van der Waals surface area contributed by atoms with Crippen LogP contribution in [-0.4, -0.2) is 60.2 Å². The molecule has 0 bridgehead atoms. The van der Waals surface area contributed by atoms with Gasteiger partial charge in [0.15, 0.2) is 0 Å². The molecule has 0 amide bonds. The van der Waals surface area contributed by atoms with Crippen LogP contribution in [0.1, 0.15) is 0 Å². The van der Waals surface area contributed by atoms with Crippen molar-refractivity contribution in [1.82, 2.24) is 0 Å². The van der Waals surface area contributed by atoms with Crippen molar-refractivity contribution in [3.63, 3.8) is 0 Å². The van der Waals surface area contributed by atoms with Crippen molar-refractivity contribution >= 4 is 46.0 Å². The molecular weight excluding hydrogens is 240 g/mol. The summed E-state index contributed by atoms with van der Waals surface area (Å²) in [4.78, 5) is 17.1. The van der Waals surface area contributed by atoms with Crippen LogP contribution in [0, 0.1) is 0 Å². The molecule has 4 nitrogen and oxygen atoms in total. The summed E-state index contributed by atoms with van der Waals surface area (Å²) in [6.45, 7) is 3.32. The van der Waals surface area contributed by atoms with Crippen LogP contribution in [0.3, 0.4) is 0 Å². The van der Waals surface area contributed by atoms with E-state index in [-0.39, 0.29) is 0 Å². The van der Waals surface area contributed by atoms with Gasteiger partial charge >= 0.3 is 0 Å². The van der Waals surface area contributed by atoms with Crippen LogP contribution in [-0.2, 0) is 0 Å². The summed E-state index contributed by atoms with van der Waals surface area (Å²) in [6.07, 6.45) is 3.71. The fourth-order valence-corrected chi connectivity index (χ4v) is 2.71. The summed E-state index contributed by atoms with van der Waals surface area (Å²) in [5, 5.41) is 2.11. The molecule has 2 heterocycles. The molecule has 0 N–H and O–H groups in total. The van der Waals surface area contributed by atoms with Gasteiger partial charge in [-0.15, -0.1) is 23.5 Å². The second-order valence-corrected chi connectivity index (χ2v) is 5.44. The number of thioether (sulfide) groups is 2. The summed E-state index contributed by atoms with van der Waals surface area (Å²) in [5.74, 6) is 2.19. The van der Waals surface area contributed by atoms with E-state index in [4.69, 9.17) is 0 Å². The zero-order valence-corrected chi connectivity index (χ0v) is 10.6. The molecule has 0 aliphatic carbocycles. The van der Waals surface area contributed by atoms with Gasteiger partial charge in [0.2, 0.25) is 0 Å². The highest BCUT2D eigenvalue weighted by Crippen LogP contribution is 2.09. The van der Waals surface area contributed by atoms with Crippen molar-refractivity contribution in [2.24, 2.45) is 20.0 Å². The maximum Gasteiger partial charge on any atom is 0.108 e. The molecule has 6 heteroatoms. The lowest BCUT2D eigenvalue weighted by Crippen LogP contribution is -1.95. The van der Waals surface area contributed by atoms with E-state index in [0.717, 1.165) is 47.8 Å². The molecule has 0 aromatic heterocycles. The summed E-state index contributed by atoms with van der Waals surface area (Å²) in [7, 11) is 0. The number of hydrogen-bond acceptors (Lipinski definition) is 6. The van der Waals surface area contributed by atoms with E-state index in [2.05, 4.69) is 20.0 Å². The minimum Gasteiger partial charge on any atom is -0.288 e. The fraction of sp³-hybridized carbons (Fsp3) is 0.600. The molecule has 16 heavy (non-hydrogen) atoms. The van der Waals surface area contributed by atoms with E-state index in [1.165, 1.54) is 0 Å². The Morgan fingerprint density at radius 2 is 1.44 bits per heavy atom. The maximum absolute atomic E-state index is 4.29. The predicted molar refractivity (Wildman–Crippen MR) is 76.2 cm³/mol. The highest BCUT2D eigenvalue weighted by atomic mass is 32.2. The molecule has 0 radical (unpaired) electrons. The van der Waals surface area contributed by atoms with E-state index in [0.29, 0.717) is 0 Å². The van der Waals surface area contributed by atoms with Gasteiger partial charge in [-0.25, -0.2) is 0 Å². The molecule has 0 saturated carbocycles. The Labute approximate surface area is 104 Å². The number of aliphatic imine (C=N–C) groups is 4. The predicted octanol–water partition coefficient (Wildman–Crippen LogP) is 1.42. The van der Waals surface area contributed by atoms with Gasteiger partial charge in [0, 0.05) is 24.6 Å². The van der Waals surface area contributed by atoms with E-state index in [1.54, 1.807) is 23.5 Å². The Morgan fingerprint density at radius 1 is 0.938 bits per heavy atom. The summed E-state index contributed by atoms with van der Waals surface area (Å²) < 4.78 is 0. The Morgan fingerprint density at radius 3 is 1.81 bits per heavy atom. The first-order chi connectivity index (χ1) is 7.95. The average molecular weight is 254 g/mol. The second-order valence-electron chi connectivity index (χ2n) is 3.21. The monoisotopic (exact) mass is 254 g/mol. The molecule has 0 atom stereocenters. The van der Waals surface area contributed by atoms with Crippen LogP contribution in [0.2, 0.25) is 0 Å². The molecule has 0 aromatic carbocycles. The van der Waals surface area contributed by atoms with Gasteiger partial charge in [0.25, 0.3) is 0 Å². The normalized spacial score (nSPS) is 21.0. The van der Waals surface area contributed by atoms with Crippen LogP contribution in [0.4, 0.5) is 0 Å². The van der Waals surface area contributed by atoms with Crippen molar-refractivity contribution in [2.45, 2.75) is 0 Å². The highest BCUT2D eigenvalue weighted by molar-refractivity contribution is 8.16. The SMILES string of the molecule is C(=N\CC/N=C/C1=NCCS1)/C1=NCCS1. The van der Waals surface area contributed by atoms with Crippen molar-refractivity contribution in [3.05, 3.63) is 0 Å². The van der Waals surface area contributed by atoms with Crippen LogP contribution < -0.4 is 0 Å². The third-order valence-electron chi connectivity index (χ3n) is 1.98. The van der Waals surface area contributed by atoms with Crippen molar-refractivity contribution in [3.8, 4) is 0 Å². The van der Waals surface area contributed by atoms with Gasteiger partial charge in [-0.2, -0.15) is 0 Å². The first-order valence-corrected chi connectivity index (χ1v) is 7.26. The van der Waals surface area contributed by atoms with E-state index < -0.39 is 0 Å². The van der Waals surface area contributed by atoms with Gasteiger partial charge in [-0.1, -0.05) is 0 Å². The van der Waals surface area contributed by atoms with Gasteiger partial charge in [-0.05, 0) is 0 Å². The largest absolute Gasteiger partial charge is 0.288 e. The Hall–Kier alpha value is -0.620. The zero-order chi connectivity index (χ0) is 11.1. The standard InChI is InChI=1S/C10H14N4S2/c1(11-7-9-13-3-5-15-9)2-12-8-10-14-4-6-16-10/h7-8H,1-6H2/b11-7+,12-8+. The lowest BCUT2D eigenvalue weighted by molar-refractivity contribution is 0.988. The van der Waals surface area contributed by atoms with E-state index in [1.807, 2.05) is 12.4 Å². The van der Waals surface area contributed by atoms with Crippen LogP contribution in [0.25, 0.3) is 0 Å². The molecule has 2 aliphatic heterocycles. The van der Waals surface area contributed by atoms with Gasteiger partial charge in [0.05, 0.1) is 25.5 Å². The second kappa shape index (κ2) is 6.85. The van der Waals surface area contributed by atoms with Crippen LogP contribution in [0.5, 0.6) is 0 Å².